The van der Waals surface area contributed by atoms with Crippen molar-refractivity contribution >= 4 is 40.2 Å². The van der Waals surface area contributed by atoms with E-state index in [0.717, 1.165) is 0 Å². The summed E-state index contributed by atoms with van der Waals surface area (Å²) in [7, 11) is 0. The lowest BCUT2D eigenvalue weighted by atomic mass is 10.0. The Morgan fingerprint density at radius 1 is 1.32 bits per heavy atom. The lowest BCUT2D eigenvalue weighted by Gasteiger charge is -2.14. The zero-order valence-corrected chi connectivity index (χ0v) is 17.0. The summed E-state index contributed by atoms with van der Waals surface area (Å²) in [4.78, 5) is 53.0. The zero-order valence-electron chi connectivity index (χ0n) is 16.2. The minimum Gasteiger partial charge on any atom is -0.772 e. The van der Waals surface area contributed by atoms with Crippen molar-refractivity contribution in [3.8, 4) is 0 Å². The van der Waals surface area contributed by atoms with Gasteiger partial charge in [-0.3, -0.25) is 23.9 Å². The number of nitro groups is 1. The number of carbonyl (C=O) groups excluding carboxylic acids is 3. The second-order valence-electron chi connectivity index (χ2n) is 6.62. The van der Waals surface area contributed by atoms with Crippen LogP contribution in [0.25, 0.3) is 10.4 Å². The summed E-state index contributed by atoms with van der Waals surface area (Å²) in [6.07, 6.45) is 2.03. The van der Waals surface area contributed by atoms with Gasteiger partial charge in [0.15, 0.2) is 0 Å². The molecule has 1 aliphatic rings. The fourth-order valence-corrected chi connectivity index (χ4v) is 3.50. The molecule has 2 amide bonds. The van der Waals surface area contributed by atoms with Crippen LogP contribution < -0.4 is 0 Å². The molecule has 1 fully saturated rings. The summed E-state index contributed by atoms with van der Waals surface area (Å²) in [5.41, 5.74) is 8.93. The third-order valence-electron chi connectivity index (χ3n) is 4.49. The Balaban J connectivity index is 1.73. The fourth-order valence-electron chi connectivity index (χ4n) is 2.96. The summed E-state index contributed by atoms with van der Waals surface area (Å²) >= 11 is -2.78. The van der Waals surface area contributed by atoms with Crippen molar-refractivity contribution in [1.82, 2.24) is 5.06 Å². The minimum absolute atomic E-state index is 0.0802. The van der Waals surface area contributed by atoms with Crippen molar-refractivity contribution in [2.45, 2.75) is 50.2 Å². The van der Waals surface area contributed by atoms with E-state index in [4.69, 9.17) is 5.53 Å². The van der Waals surface area contributed by atoms with Crippen molar-refractivity contribution in [3.05, 3.63) is 44.3 Å². The highest BCUT2D eigenvalue weighted by Gasteiger charge is 2.42. The van der Waals surface area contributed by atoms with E-state index in [2.05, 4.69) is 14.9 Å². The van der Waals surface area contributed by atoms with E-state index >= 15 is 0 Å². The molecule has 2 rings (SSSR count). The maximum absolute atomic E-state index is 11.8. The van der Waals surface area contributed by atoms with Gasteiger partial charge in [0, 0.05) is 28.6 Å². The van der Waals surface area contributed by atoms with Gasteiger partial charge in [-0.2, -0.15) is 0 Å². The number of nitro benzene ring substituents is 1. The van der Waals surface area contributed by atoms with Crippen LogP contribution in [0.5, 0.6) is 0 Å². The highest BCUT2D eigenvalue weighted by atomic mass is 32.2. The number of hydroxylamine groups is 2. The fraction of sp³-hybridized carbons (Fsp3) is 0.471. The molecule has 0 N–H and O–H groups in total. The Morgan fingerprint density at radius 3 is 2.65 bits per heavy atom. The van der Waals surface area contributed by atoms with E-state index < -0.39 is 45.5 Å². The molecule has 1 aromatic rings. The van der Waals surface area contributed by atoms with Crippen molar-refractivity contribution in [1.29, 1.82) is 0 Å². The molecule has 0 aromatic heterocycles. The second kappa shape index (κ2) is 11.2. The van der Waals surface area contributed by atoms with Crippen LogP contribution in [0.3, 0.4) is 0 Å². The van der Waals surface area contributed by atoms with Crippen LogP contribution in [0.1, 0.15) is 44.1 Å². The van der Waals surface area contributed by atoms with Gasteiger partial charge in [0.25, 0.3) is 17.5 Å². The monoisotopic (exact) mass is 452 g/mol. The number of nitrogens with zero attached hydrogens (tertiary/aromatic N) is 5. The van der Waals surface area contributed by atoms with Crippen molar-refractivity contribution in [3.63, 3.8) is 0 Å². The van der Waals surface area contributed by atoms with Crippen LogP contribution >= 0.6 is 0 Å². The number of hydrogen-bond donors (Lipinski definition) is 0. The third kappa shape index (κ3) is 6.57. The van der Waals surface area contributed by atoms with Gasteiger partial charge < -0.3 is 9.39 Å². The standard InChI is InChI=1S/C17H19N5O8S/c18-20-19-12-8-7-11(13(9-12)22(26)27)5-3-1-2-4-6-16(24)30-21-15(23)10-14(17(21)25)31(28)29/h7-9,14H,1-6,10H2,(H,28,29)/p-1. The largest absolute Gasteiger partial charge is 0.772 e. The molecule has 0 bridgehead atoms. The second-order valence-corrected chi connectivity index (χ2v) is 7.71. The Kier molecular flexibility index (Phi) is 8.61. The molecule has 0 aliphatic carbocycles. The quantitative estimate of drug-likeness (QED) is 0.0713. The average Bonchev–Trinajstić information content (AvgIpc) is 2.99. The van der Waals surface area contributed by atoms with Gasteiger partial charge in [0.05, 0.1) is 11.3 Å². The lowest BCUT2D eigenvalue weighted by molar-refractivity contribution is -0.385. The van der Waals surface area contributed by atoms with E-state index in [-0.39, 0.29) is 22.9 Å². The molecule has 1 aromatic carbocycles. The van der Waals surface area contributed by atoms with E-state index in [1.54, 1.807) is 0 Å². The summed E-state index contributed by atoms with van der Waals surface area (Å²) in [5, 5.41) is 13.2. The number of imide groups is 1. The van der Waals surface area contributed by atoms with E-state index in [1.165, 1.54) is 18.2 Å². The van der Waals surface area contributed by atoms with Crippen molar-refractivity contribution in [2.75, 3.05) is 0 Å². The van der Waals surface area contributed by atoms with Gasteiger partial charge in [0.2, 0.25) is 0 Å². The molecule has 13 nitrogen and oxygen atoms in total. The molecule has 0 spiro atoms. The molecular weight excluding hydrogens is 434 g/mol. The first-order chi connectivity index (χ1) is 14.7. The highest BCUT2D eigenvalue weighted by molar-refractivity contribution is 7.80. The molecule has 0 saturated carbocycles. The first-order valence-electron chi connectivity index (χ1n) is 9.22. The molecule has 2 atom stereocenters. The molecule has 1 aliphatic heterocycles. The zero-order chi connectivity index (χ0) is 23.0. The average molecular weight is 452 g/mol. The number of carbonyl (C=O) groups is 3. The van der Waals surface area contributed by atoms with Crippen molar-refractivity contribution < 1.29 is 32.9 Å². The van der Waals surface area contributed by atoms with Crippen LogP contribution in [-0.4, -0.2) is 41.8 Å². The molecular formula is C17H18N5O8S-. The SMILES string of the molecule is [N-]=[N+]=Nc1ccc(CCCCCCC(=O)ON2C(=O)CC(S(=O)[O-])C2=O)c([N+](=O)[O-])c1. The first-order valence-corrected chi connectivity index (χ1v) is 10.4. The normalized spacial score (nSPS) is 16.7. The number of azide groups is 1. The molecule has 166 valence electrons. The maximum atomic E-state index is 11.8. The lowest BCUT2D eigenvalue weighted by Crippen LogP contribution is -2.35. The van der Waals surface area contributed by atoms with E-state index in [1.807, 2.05) is 0 Å². The van der Waals surface area contributed by atoms with Gasteiger partial charge >= 0.3 is 5.97 Å². The van der Waals surface area contributed by atoms with Crippen LogP contribution in [0.2, 0.25) is 0 Å². The molecule has 1 saturated heterocycles. The number of aryl methyl sites for hydroxylation is 1. The number of unbranched alkanes of at least 4 members (excludes halogenated alkanes) is 3. The Bertz CT molecular complexity index is 962. The van der Waals surface area contributed by atoms with Gasteiger partial charge in [0.1, 0.15) is 5.25 Å². The summed E-state index contributed by atoms with van der Waals surface area (Å²) in [6, 6.07) is 4.23. The van der Waals surface area contributed by atoms with E-state index in [0.29, 0.717) is 37.7 Å². The van der Waals surface area contributed by atoms with Crippen LogP contribution in [-0.2, 0) is 36.7 Å². The molecule has 1 heterocycles. The van der Waals surface area contributed by atoms with Gasteiger partial charge in [-0.15, -0.1) is 5.06 Å². The summed E-state index contributed by atoms with van der Waals surface area (Å²) < 4.78 is 21.7. The Morgan fingerprint density at radius 2 is 2.03 bits per heavy atom. The van der Waals surface area contributed by atoms with Crippen LogP contribution in [0, 0.1) is 10.1 Å². The third-order valence-corrected chi connectivity index (χ3v) is 5.32. The van der Waals surface area contributed by atoms with Crippen molar-refractivity contribution in [2.24, 2.45) is 5.11 Å². The molecule has 0 radical (unpaired) electrons. The topological polar surface area (TPSA) is 196 Å². The van der Waals surface area contributed by atoms with Gasteiger partial charge in [-0.1, -0.05) is 30.1 Å². The van der Waals surface area contributed by atoms with Gasteiger partial charge in [-0.25, -0.2) is 4.79 Å². The molecule has 2 unspecified atom stereocenters. The predicted octanol–water partition coefficient (Wildman–Crippen LogP) is 2.49. The Labute approximate surface area is 178 Å². The summed E-state index contributed by atoms with van der Waals surface area (Å²) in [5.74, 6) is -2.80. The van der Waals surface area contributed by atoms with Crippen LogP contribution in [0.4, 0.5) is 11.4 Å². The highest BCUT2D eigenvalue weighted by Crippen LogP contribution is 2.27. The number of hydrogen-bond acceptors (Lipinski definition) is 9. The van der Waals surface area contributed by atoms with Gasteiger partial charge in [-0.05, 0) is 35.9 Å². The predicted molar refractivity (Wildman–Crippen MR) is 104 cm³/mol. The molecule has 14 heteroatoms. The molecule has 31 heavy (non-hydrogen) atoms. The van der Waals surface area contributed by atoms with E-state index in [9.17, 15) is 33.3 Å². The number of benzene rings is 1. The maximum Gasteiger partial charge on any atom is 0.333 e. The smallest absolute Gasteiger partial charge is 0.333 e. The number of rotatable bonds is 11. The Hall–Kier alpha value is -3.35. The summed E-state index contributed by atoms with van der Waals surface area (Å²) in [6.45, 7) is 0. The first kappa shape index (κ1) is 23.9. The number of amides is 2. The van der Waals surface area contributed by atoms with Crippen LogP contribution in [0.15, 0.2) is 23.3 Å². The minimum atomic E-state index is -2.78.